The molecule has 0 bridgehead atoms. The first kappa shape index (κ1) is 27.2. The number of hydrogen-bond acceptors (Lipinski definition) is 4. The summed E-state index contributed by atoms with van der Waals surface area (Å²) >= 11 is 29.6. The summed E-state index contributed by atoms with van der Waals surface area (Å²) < 4.78 is -1.89. The Morgan fingerprint density at radius 3 is 2.31 bits per heavy atom. The van der Waals surface area contributed by atoms with Crippen LogP contribution < -0.4 is 16.0 Å². The van der Waals surface area contributed by atoms with E-state index >= 15 is 0 Å². The van der Waals surface area contributed by atoms with Crippen LogP contribution in [0.1, 0.15) is 21.5 Å². The third kappa shape index (κ3) is 8.05. The lowest BCUT2D eigenvalue weighted by Crippen LogP contribution is -2.56. The van der Waals surface area contributed by atoms with Crippen LogP contribution in [0, 0.1) is 13.8 Å². The monoisotopic (exact) mass is 567 g/mol. The summed E-state index contributed by atoms with van der Waals surface area (Å²) in [4.78, 5) is 12.6. The Bertz CT molecular complexity index is 1260. The predicted octanol–water partition coefficient (Wildman–Crippen LogP) is 7.78. The molecule has 0 aliphatic carbocycles. The Labute approximate surface area is 229 Å². The van der Waals surface area contributed by atoms with E-state index in [0.29, 0.717) is 22.0 Å². The molecule has 1 amide bonds. The van der Waals surface area contributed by atoms with Gasteiger partial charge in [-0.3, -0.25) is 4.79 Å². The first-order valence-corrected chi connectivity index (χ1v) is 12.2. The lowest BCUT2D eigenvalue weighted by Gasteiger charge is -2.28. The molecule has 182 valence electrons. The van der Waals surface area contributed by atoms with Gasteiger partial charge >= 0.3 is 0 Å². The molecule has 1 atom stereocenters. The molecule has 35 heavy (non-hydrogen) atoms. The molecule has 0 spiro atoms. The van der Waals surface area contributed by atoms with Crippen LogP contribution in [0.3, 0.4) is 0 Å². The summed E-state index contributed by atoms with van der Waals surface area (Å²) in [5, 5.41) is 17.7. The zero-order chi connectivity index (χ0) is 25.6. The lowest BCUT2D eigenvalue weighted by molar-refractivity contribution is 0.0934. The molecule has 3 aromatic carbocycles. The summed E-state index contributed by atoms with van der Waals surface area (Å²) in [6.07, 6.45) is -1.12. The standard InChI is InChI=1S/C24H21Cl4N5OS/c1-14-6-3-4-9-20(14)33-32-18-10-11-19(15(2)12-18)29-23(35)31-22(24(26,27)28)30-21(34)16-7-5-8-17(25)13-16/h3-13,22H,1-2H3,(H,30,34)(H2,29,31,35). The minimum absolute atomic E-state index is 0.144. The number of hydrogen-bond donors (Lipinski definition) is 3. The number of halogens is 4. The highest BCUT2D eigenvalue weighted by molar-refractivity contribution is 7.80. The average molecular weight is 569 g/mol. The van der Waals surface area contributed by atoms with Gasteiger partial charge in [-0.15, -0.1) is 0 Å². The van der Waals surface area contributed by atoms with E-state index in [-0.39, 0.29) is 5.11 Å². The number of amides is 1. The van der Waals surface area contributed by atoms with Crippen LogP contribution in [0.4, 0.5) is 17.1 Å². The zero-order valence-electron chi connectivity index (χ0n) is 18.7. The second-order valence-electron chi connectivity index (χ2n) is 7.54. The Hall–Kier alpha value is -2.42. The molecule has 11 heteroatoms. The number of alkyl halides is 3. The van der Waals surface area contributed by atoms with E-state index in [2.05, 4.69) is 26.2 Å². The Morgan fingerprint density at radius 2 is 1.66 bits per heavy atom. The van der Waals surface area contributed by atoms with E-state index < -0.39 is 15.9 Å². The number of azo groups is 1. The van der Waals surface area contributed by atoms with Crippen molar-refractivity contribution in [1.29, 1.82) is 0 Å². The van der Waals surface area contributed by atoms with Crippen LogP contribution >= 0.6 is 58.6 Å². The minimum Gasteiger partial charge on any atom is -0.339 e. The number of benzene rings is 3. The van der Waals surface area contributed by atoms with Gasteiger partial charge in [0.15, 0.2) is 5.11 Å². The fourth-order valence-electron chi connectivity index (χ4n) is 2.97. The maximum Gasteiger partial charge on any atom is 0.253 e. The molecular formula is C24H21Cl4N5OS. The second-order valence-corrected chi connectivity index (χ2v) is 10.8. The zero-order valence-corrected chi connectivity index (χ0v) is 22.5. The number of aryl methyl sites for hydroxylation is 2. The molecule has 6 nitrogen and oxygen atoms in total. The van der Waals surface area contributed by atoms with Crippen molar-refractivity contribution in [3.05, 3.63) is 88.4 Å². The van der Waals surface area contributed by atoms with E-state index in [1.807, 2.05) is 50.2 Å². The van der Waals surface area contributed by atoms with Gasteiger partial charge in [-0.05, 0) is 79.7 Å². The summed E-state index contributed by atoms with van der Waals surface area (Å²) in [6, 6.07) is 19.6. The molecule has 0 fully saturated rings. The normalized spacial score (nSPS) is 12.3. The molecule has 0 radical (unpaired) electrons. The van der Waals surface area contributed by atoms with E-state index in [1.54, 1.807) is 24.3 Å². The van der Waals surface area contributed by atoms with Crippen molar-refractivity contribution in [2.24, 2.45) is 10.2 Å². The van der Waals surface area contributed by atoms with Crippen LogP contribution in [-0.2, 0) is 0 Å². The maximum absolute atomic E-state index is 12.6. The van der Waals surface area contributed by atoms with Gasteiger partial charge in [0.05, 0.1) is 11.4 Å². The van der Waals surface area contributed by atoms with Crippen molar-refractivity contribution in [3.63, 3.8) is 0 Å². The summed E-state index contributed by atoms with van der Waals surface area (Å²) in [7, 11) is 0. The fraction of sp³-hybridized carbons (Fsp3) is 0.167. The number of anilines is 1. The first-order chi connectivity index (χ1) is 16.5. The summed E-state index contributed by atoms with van der Waals surface area (Å²) in [6.45, 7) is 3.87. The Kier molecular flexibility index (Phi) is 9.33. The fourth-order valence-corrected chi connectivity index (χ4v) is 3.72. The maximum atomic E-state index is 12.6. The number of carbonyl (C=O) groups excluding carboxylic acids is 1. The number of nitrogens with zero attached hydrogens (tertiary/aromatic N) is 2. The third-order valence-electron chi connectivity index (χ3n) is 4.81. The number of nitrogens with one attached hydrogen (secondary N) is 3. The quantitative estimate of drug-likeness (QED) is 0.123. The van der Waals surface area contributed by atoms with Crippen LogP contribution in [0.2, 0.25) is 5.02 Å². The van der Waals surface area contributed by atoms with Crippen LogP contribution in [-0.4, -0.2) is 21.0 Å². The van der Waals surface area contributed by atoms with Crippen LogP contribution in [0.15, 0.2) is 77.0 Å². The molecule has 3 aromatic rings. The van der Waals surface area contributed by atoms with Gasteiger partial charge in [0.1, 0.15) is 6.17 Å². The van der Waals surface area contributed by atoms with Gasteiger partial charge in [-0.2, -0.15) is 10.2 Å². The van der Waals surface area contributed by atoms with Gasteiger partial charge in [-0.25, -0.2) is 0 Å². The first-order valence-electron chi connectivity index (χ1n) is 10.3. The molecule has 0 aliphatic rings. The number of thiocarbonyl (C=S) groups is 1. The molecule has 0 saturated carbocycles. The summed E-state index contributed by atoms with van der Waals surface area (Å²) in [5.41, 5.74) is 4.40. The van der Waals surface area contributed by atoms with Crippen molar-refractivity contribution in [3.8, 4) is 0 Å². The highest BCUT2D eigenvalue weighted by atomic mass is 35.6. The van der Waals surface area contributed by atoms with Crippen molar-refractivity contribution < 1.29 is 4.79 Å². The van der Waals surface area contributed by atoms with Crippen molar-refractivity contribution >= 4 is 86.7 Å². The van der Waals surface area contributed by atoms with Crippen molar-refractivity contribution in [2.45, 2.75) is 23.8 Å². The van der Waals surface area contributed by atoms with Crippen LogP contribution in [0.5, 0.6) is 0 Å². The number of carbonyl (C=O) groups is 1. The molecule has 3 N–H and O–H groups in total. The number of rotatable bonds is 6. The largest absolute Gasteiger partial charge is 0.339 e. The summed E-state index contributed by atoms with van der Waals surface area (Å²) in [5.74, 6) is -0.487. The Balaban J connectivity index is 1.67. The average Bonchev–Trinajstić information content (AvgIpc) is 2.79. The van der Waals surface area contributed by atoms with E-state index in [0.717, 1.165) is 16.8 Å². The molecule has 0 aromatic heterocycles. The SMILES string of the molecule is Cc1ccccc1N=Nc1ccc(NC(=S)NC(NC(=O)c2cccc(Cl)c2)C(Cl)(Cl)Cl)c(C)c1. The van der Waals surface area contributed by atoms with Gasteiger partial charge in [0, 0.05) is 16.3 Å². The topological polar surface area (TPSA) is 77.9 Å². The van der Waals surface area contributed by atoms with Crippen LogP contribution in [0.25, 0.3) is 0 Å². The van der Waals surface area contributed by atoms with Gasteiger partial charge in [-0.1, -0.05) is 70.7 Å². The molecular weight excluding hydrogens is 548 g/mol. The molecule has 3 rings (SSSR count). The third-order valence-corrected chi connectivity index (χ3v) is 5.92. The predicted molar refractivity (Wildman–Crippen MR) is 149 cm³/mol. The van der Waals surface area contributed by atoms with Gasteiger partial charge < -0.3 is 16.0 Å². The smallest absolute Gasteiger partial charge is 0.253 e. The van der Waals surface area contributed by atoms with E-state index in [1.165, 1.54) is 6.07 Å². The molecule has 0 saturated heterocycles. The van der Waals surface area contributed by atoms with Gasteiger partial charge in [0.25, 0.3) is 5.91 Å². The van der Waals surface area contributed by atoms with Crippen molar-refractivity contribution in [2.75, 3.05) is 5.32 Å². The Morgan fingerprint density at radius 1 is 0.914 bits per heavy atom. The minimum atomic E-state index is -1.89. The molecule has 0 heterocycles. The highest BCUT2D eigenvalue weighted by Gasteiger charge is 2.35. The molecule has 0 aliphatic heterocycles. The highest BCUT2D eigenvalue weighted by Crippen LogP contribution is 2.30. The van der Waals surface area contributed by atoms with E-state index in [4.69, 9.17) is 58.6 Å². The molecule has 1 unspecified atom stereocenters. The second kappa shape index (κ2) is 12.0. The van der Waals surface area contributed by atoms with Gasteiger partial charge in [0.2, 0.25) is 3.79 Å². The lowest BCUT2D eigenvalue weighted by atomic mass is 10.2. The van der Waals surface area contributed by atoms with Crippen molar-refractivity contribution in [1.82, 2.24) is 10.6 Å². The van der Waals surface area contributed by atoms with E-state index in [9.17, 15) is 4.79 Å².